The van der Waals surface area contributed by atoms with Crippen molar-refractivity contribution in [2.24, 2.45) is 0 Å². The molecule has 0 spiro atoms. The van der Waals surface area contributed by atoms with Crippen molar-refractivity contribution < 1.29 is 15.1 Å². The molecule has 0 aromatic rings. The van der Waals surface area contributed by atoms with Gasteiger partial charge < -0.3 is 0 Å². The second-order valence-corrected chi connectivity index (χ2v) is 3.87. The van der Waals surface area contributed by atoms with Gasteiger partial charge in [-0.05, 0) is 0 Å². The Bertz CT molecular complexity index is 109. The Balaban J connectivity index is 3.50. The molecule has 3 N–H and O–H groups in total. The molecule has 0 bridgehead atoms. The molecule has 0 heterocycles. The number of aliphatic carboxylic acids is 1. The van der Waals surface area contributed by atoms with Crippen LogP contribution in [0.2, 0.25) is 11.1 Å². The van der Waals surface area contributed by atoms with Crippen LogP contribution in [0, 0.1) is 0 Å². The van der Waals surface area contributed by atoms with E-state index in [-0.39, 0.29) is 0 Å². The van der Waals surface area contributed by atoms with Gasteiger partial charge in [0.15, 0.2) is 0 Å². The van der Waals surface area contributed by atoms with Crippen molar-refractivity contribution in [3.05, 3.63) is 0 Å². The summed E-state index contributed by atoms with van der Waals surface area (Å²) in [6.45, 7) is 0. The van der Waals surface area contributed by atoms with Gasteiger partial charge in [-0.3, -0.25) is 0 Å². The van der Waals surface area contributed by atoms with Crippen LogP contribution >= 0.6 is 0 Å². The van der Waals surface area contributed by atoms with Crippen molar-refractivity contribution in [1.82, 2.24) is 5.48 Å². The van der Waals surface area contributed by atoms with Crippen LogP contribution in [0.1, 0.15) is 6.42 Å². The van der Waals surface area contributed by atoms with Crippen molar-refractivity contribution in [2.75, 3.05) is 0 Å². The first-order valence-corrected chi connectivity index (χ1v) is 5.76. The molecular formula is C5H11NO3Se. The van der Waals surface area contributed by atoms with E-state index >= 15 is 0 Å². The van der Waals surface area contributed by atoms with E-state index < -0.39 is 12.0 Å². The molecule has 4 nitrogen and oxygen atoms in total. The summed E-state index contributed by atoms with van der Waals surface area (Å²) in [4.78, 5) is 10.2. The molecule has 0 aromatic heterocycles. The number of hydrogen-bond donors (Lipinski definition) is 3. The Morgan fingerprint density at radius 2 is 2.40 bits per heavy atom. The third-order valence-electron chi connectivity index (χ3n) is 1.06. The van der Waals surface area contributed by atoms with E-state index in [2.05, 4.69) is 0 Å². The summed E-state index contributed by atoms with van der Waals surface area (Å²) >= 11 is 0.477. The molecule has 0 unspecified atom stereocenters. The predicted molar refractivity (Wildman–Crippen MR) is 37.4 cm³/mol. The molecule has 10 heavy (non-hydrogen) atoms. The van der Waals surface area contributed by atoms with E-state index in [0.29, 0.717) is 21.4 Å². The maximum absolute atomic E-state index is 10.2. The molecule has 0 aliphatic carbocycles. The van der Waals surface area contributed by atoms with E-state index in [1.54, 1.807) is 5.48 Å². The second-order valence-electron chi connectivity index (χ2n) is 1.80. The molecule has 0 aliphatic heterocycles. The molecule has 1 atom stereocenters. The Morgan fingerprint density at radius 1 is 1.80 bits per heavy atom. The summed E-state index contributed by atoms with van der Waals surface area (Å²) in [5.41, 5.74) is 1.75. The van der Waals surface area contributed by atoms with E-state index in [1.807, 2.05) is 5.82 Å². The molecule has 0 aromatic carbocycles. The van der Waals surface area contributed by atoms with Crippen molar-refractivity contribution in [1.29, 1.82) is 0 Å². The van der Waals surface area contributed by atoms with E-state index in [4.69, 9.17) is 10.3 Å². The molecule has 0 rings (SSSR count). The first kappa shape index (κ1) is 9.91. The summed E-state index contributed by atoms with van der Waals surface area (Å²) < 4.78 is 0. The van der Waals surface area contributed by atoms with Gasteiger partial charge in [0.2, 0.25) is 0 Å². The maximum atomic E-state index is 10.2. The van der Waals surface area contributed by atoms with Gasteiger partial charge in [0.1, 0.15) is 0 Å². The number of nitrogens with one attached hydrogen (secondary N) is 1. The van der Waals surface area contributed by atoms with Crippen LogP contribution in [0.3, 0.4) is 0 Å². The number of carboxylic acids is 1. The molecular weight excluding hydrogens is 201 g/mol. The quantitative estimate of drug-likeness (QED) is 0.442. The van der Waals surface area contributed by atoms with Gasteiger partial charge >= 0.3 is 65.1 Å². The molecule has 0 aliphatic rings. The van der Waals surface area contributed by atoms with Gasteiger partial charge in [0, 0.05) is 0 Å². The van der Waals surface area contributed by atoms with Crippen LogP contribution in [0.25, 0.3) is 0 Å². The third kappa shape index (κ3) is 3.85. The van der Waals surface area contributed by atoms with Gasteiger partial charge in [-0.1, -0.05) is 0 Å². The summed E-state index contributed by atoms with van der Waals surface area (Å²) in [6.07, 6.45) is 0.502. The summed E-state index contributed by atoms with van der Waals surface area (Å²) in [5.74, 6) is 1.04. The van der Waals surface area contributed by atoms with Crippen molar-refractivity contribution >= 4 is 20.9 Å². The normalized spacial score (nSPS) is 13.0. The van der Waals surface area contributed by atoms with Gasteiger partial charge in [-0.2, -0.15) is 0 Å². The van der Waals surface area contributed by atoms with Crippen LogP contribution in [0.4, 0.5) is 0 Å². The SMILES string of the molecule is C[Se]CC[C@H](NO)C(=O)O. The molecule has 0 saturated heterocycles. The van der Waals surface area contributed by atoms with Crippen LogP contribution in [-0.4, -0.2) is 37.3 Å². The zero-order valence-corrected chi connectivity index (χ0v) is 7.42. The Morgan fingerprint density at radius 3 is 2.70 bits per heavy atom. The van der Waals surface area contributed by atoms with Crippen LogP contribution in [0.5, 0.6) is 0 Å². The summed E-state index contributed by atoms with van der Waals surface area (Å²) in [6, 6.07) is -0.790. The number of carbonyl (C=O) groups is 1. The van der Waals surface area contributed by atoms with E-state index in [1.165, 1.54) is 0 Å². The van der Waals surface area contributed by atoms with Crippen LogP contribution < -0.4 is 5.48 Å². The second kappa shape index (κ2) is 5.68. The van der Waals surface area contributed by atoms with Crippen LogP contribution in [-0.2, 0) is 4.79 Å². The fourth-order valence-electron chi connectivity index (χ4n) is 0.479. The topological polar surface area (TPSA) is 69.6 Å². The number of carboxylic acid groups (broad SMARTS) is 1. The monoisotopic (exact) mass is 213 g/mol. The summed E-state index contributed by atoms with van der Waals surface area (Å²) in [7, 11) is 0. The van der Waals surface area contributed by atoms with Gasteiger partial charge in [0.05, 0.1) is 0 Å². The zero-order valence-electron chi connectivity index (χ0n) is 5.70. The minimum atomic E-state index is -0.994. The fraction of sp³-hybridized carbons (Fsp3) is 0.800. The molecule has 0 fully saturated rings. The van der Waals surface area contributed by atoms with E-state index in [0.717, 1.165) is 5.32 Å². The molecule has 0 radical (unpaired) electrons. The molecule has 0 amide bonds. The Hall–Kier alpha value is -0.0905. The Kier molecular flexibility index (Phi) is 5.62. The average Bonchev–Trinajstić information content (AvgIpc) is 1.89. The van der Waals surface area contributed by atoms with Gasteiger partial charge in [0.25, 0.3) is 0 Å². The van der Waals surface area contributed by atoms with Crippen molar-refractivity contribution in [2.45, 2.75) is 23.6 Å². The van der Waals surface area contributed by atoms with Crippen molar-refractivity contribution in [3.63, 3.8) is 0 Å². The molecule has 5 heteroatoms. The van der Waals surface area contributed by atoms with Crippen LogP contribution in [0.15, 0.2) is 0 Å². The van der Waals surface area contributed by atoms with Gasteiger partial charge in [-0.15, -0.1) is 0 Å². The zero-order chi connectivity index (χ0) is 7.98. The predicted octanol–water partition coefficient (Wildman–Crippen LogP) is -0.0209. The summed E-state index contributed by atoms with van der Waals surface area (Å²) in [5, 5.41) is 17.6. The number of hydroxylamine groups is 1. The molecule has 0 saturated carbocycles. The Labute approximate surface area is 65.7 Å². The van der Waals surface area contributed by atoms with E-state index in [9.17, 15) is 4.79 Å². The number of rotatable bonds is 5. The average molecular weight is 212 g/mol. The standard InChI is InChI=1S/C5H11NO3Se/c1-10-3-2-4(6-9)5(7)8/h4,6,9H,2-3H2,1H3,(H,7,8)/t4-/m0/s1. The van der Waals surface area contributed by atoms with Gasteiger partial charge in [-0.25, -0.2) is 0 Å². The third-order valence-corrected chi connectivity index (χ3v) is 2.42. The first-order valence-electron chi connectivity index (χ1n) is 2.83. The first-order chi connectivity index (χ1) is 4.72. The fourth-order valence-corrected chi connectivity index (χ4v) is 1.47. The minimum absolute atomic E-state index is 0.477. The number of hydrogen-bond acceptors (Lipinski definition) is 3. The molecule has 60 valence electrons. The van der Waals surface area contributed by atoms with Crippen molar-refractivity contribution in [3.8, 4) is 0 Å².